The van der Waals surface area contributed by atoms with E-state index in [4.69, 9.17) is 11.6 Å². The number of carbonyl (C=O) groups is 2. The fourth-order valence-electron chi connectivity index (χ4n) is 2.83. The Bertz CT molecular complexity index is 768. The summed E-state index contributed by atoms with van der Waals surface area (Å²) in [5.74, 6) is 0.525. The zero-order valence-electron chi connectivity index (χ0n) is 17.1. The van der Waals surface area contributed by atoms with Crippen LogP contribution in [0.15, 0.2) is 59.5 Å². The summed E-state index contributed by atoms with van der Waals surface area (Å²) >= 11 is 7.53. The van der Waals surface area contributed by atoms with Gasteiger partial charge in [-0.05, 0) is 43.2 Å². The van der Waals surface area contributed by atoms with Gasteiger partial charge >= 0.3 is 0 Å². The number of amides is 2. The minimum absolute atomic E-state index is 0.0199. The van der Waals surface area contributed by atoms with E-state index in [1.165, 1.54) is 0 Å². The Morgan fingerprint density at radius 1 is 1.10 bits per heavy atom. The molecule has 0 saturated heterocycles. The highest BCUT2D eigenvalue weighted by Gasteiger charge is 2.25. The third-order valence-electron chi connectivity index (χ3n) is 4.59. The maximum Gasteiger partial charge on any atom is 0.242 e. The predicted molar refractivity (Wildman–Crippen MR) is 121 cm³/mol. The molecular formula is C23H29ClN2O2S. The van der Waals surface area contributed by atoms with Gasteiger partial charge in [0.25, 0.3) is 0 Å². The minimum Gasteiger partial charge on any atom is -0.354 e. The van der Waals surface area contributed by atoms with Crippen molar-refractivity contribution in [2.45, 2.75) is 50.6 Å². The molecule has 0 saturated carbocycles. The van der Waals surface area contributed by atoms with Crippen molar-refractivity contribution in [3.05, 3.63) is 65.2 Å². The lowest BCUT2D eigenvalue weighted by atomic mass is 10.1. The lowest BCUT2D eigenvalue weighted by Crippen LogP contribution is -2.47. The molecule has 156 valence electrons. The Labute approximate surface area is 183 Å². The maximum atomic E-state index is 13.0. The number of hydrogen-bond acceptors (Lipinski definition) is 3. The van der Waals surface area contributed by atoms with Crippen LogP contribution in [0, 0.1) is 0 Å². The van der Waals surface area contributed by atoms with Crippen molar-refractivity contribution in [3.8, 4) is 0 Å². The minimum atomic E-state index is -0.514. The van der Waals surface area contributed by atoms with Crippen molar-refractivity contribution < 1.29 is 9.59 Å². The molecule has 0 aliphatic carbocycles. The smallest absolute Gasteiger partial charge is 0.242 e. The van der Waals surface area contributed by atoms with Gasteiger partial charge in [0.05, 0.1) is 0 Å². The summed E-state index contributed by atoms with van der Waals surface area (Å²) in [6.45, 7) is 4.95. The van der Waals surface area contributed by atoms with Crippen LogP contribution in [-0.2, 0) is 16.1 Å². The molecule has 4 nitrogen and oxygen atoms in total. The monoisotopic (exact) mass is 432 g/mol. The maximum absolute atomic E-state index is 13.0. The number of carbonyl (C=O) groups excluding carboxylic acids is 2. The van der Waals surface area contributed by atoms with Crippen LogP contribution in [0.25, 0.3) is 0 Å². The number of thioether (sulfide) groups is 1. The molecule has 1 atom stereocenters. The van der Waals surface area contributed by atoms with Crippen molar-refractivity contribution in [1.29, 1.82) is 0 Å². The van der Waals surface area contributed by atoms with Gasteiger partial charge in [-0.2, -0.15) is 0 Å². The van der Waals surface area contributed by atoms with Crippen LogP contribution in [0.5, 0.6) is 0 Å². The van der Waals surface area contributed by atoms with Gasteiger partial charge in [-0.25, -0.2) is 0 Å². The molecule has 0 bridgehead atoms. The third kappa shape index (κ3) is 8.11. The Hall–Kier alpha value is -1.98. The molecule has 6 heteroatoms. The van der Waals surface area contributed by atoms with E-state index >= 15 is 0 Å². The first-order valence-electron chi connectivity index (χ1n) is 10.0. The molecule has 1 N–H and O–H groups in total. The molecule has 2 aromatic rings. The number of rotatable bonds is 11. The van der Waals surface area contributed by atoms with Crippen LogP contribution in [0.4, 0.5) is 0 Å². The lowest BCUT2D eigenvalue weighted by Gasteiger charge is -2.29. The van der Waals surface area contributed by atoms with E-state index in [1.54, 1.807) is 23.6 Å². The number of nitrogens with zero attached hydrogens (tertiary/aromatic N) is 1. The van der Waals surface area contributed by atoms with Gasteiger partial charge in [0.2, 0.25) is 11.8 Å². The van der Waals surface area contributed by atoms with E-state index in [-0.39, 0.29) is 11.8 Å². The highest BCUT2D eigenvalue weighted by molar-refractivity contribution is 7.99. The molecule has 0 radical (unpaired) electrons. The molecule has 0 aliphatic heterocycles. The standard InChI is InChI=1S/C23H29ClN2O2S/c1-3-4-15-25-23(28)18(2)26(17-19-8-6-5-7-9-19)22(27)14-16-29-21-12-10-20(24)11-13-21/h5-13,18H,3-4,14-17H2,1-2H3,(H,25,28)/t18-/m1/s1. The molecule has 0 fully saturated rings. The Morgan fingerprint density at radius 2 is 1.79 bits per heavy atom. The summed E-state index contributed by atoms with van der Waals surface area (Å²) in [5.41, 5.74) is 1.01. The predicted octanol–water partition coefficient (Wildman–Crippen LogP) is 5.16. The molecule has 2 aromatic carbocycles. The van der Waals surface area contributed by atoms with E-state index in [2.05, 4.69) is 12.2 Å². The first-order chi connectivity index (χ1) is 14.0. The fourth-order valence-corrected chi connectivity index (χ4v) is 3.80. The summed E-state index contributed by atoms with van der Waals surface area (Å²) < 4.78 is 0. The Morgan fingerprint density at radius 3 is 2.45 bits per heavy atom. The SMILES string of the molecule is CCCCNC(=O)[C@@H](C)N(Cc1ccccc1)C(=O)CCSc1ccc(Cl)cc1. The molecule has 2 amide bonds. The normalized spacial score (nSPS) is 11.7. The van der Waals surface area contributed by atoms with Gasteiger partial charge < -0.3 is 10.2 Å². The second kappa shape index (κ2) is 12.6. The van der Waals surface area contributed by atoms with Gasteiger partial charge in [-0.3, -0.25) is 9.59 Å². The largest absolute Gasteiger partial charge is 0.354 e. The average Bonchev–Trinajstić information content (AvgIpc) is 2.73. The molecule has 0 unspecified atom stereocenters. The molecule has 0 heterocycles. The van der Waals surface area contributed by atoms with Gasteiger partial charge in [0, 0.05) is 35.2 Å². The van der Waals surface area contributed by atoms with Crippen LogP contribution >= 0.6 is 23.4 Å². The quantitative estimate of drug-likeness (QED) is 0.394. The van der Waals surface area contributed by atoms with Gasteiger partial charge in [0.15, 0.2) is 0 Å². The summed E-state index contributed by atoms with van der Waals surface area (Å²) in [5, 5.41) is 3.64. The average molecular weight is 433 g/mol. The van der Waals surface area contributed by atoms with E-state index in [0.717, 1.165) is 23.3 Å². The van der Waals surface area contributed by atoms with Crippen molar-refractivity contribution in [2.24, 2.45) is 0 Å². The fraction of sp³-hybridized carbons (Fsp3) is 0.391. The van der Waals surface area contributed by atoms with E-state index in [9.17, 15) is 9.59 Å². The highest BCUT2D eigenvalue weighted by Crippen LogP contribution is 2.22. The molecular weight excluding hydrogens is 404 g/mol. The molecule has 0 aromatic heterocycles. The van der Waals surface area contributed by atoms with Crippen molar-refractivity contribution >= 4 is 35.2 Å². The molecule has 2 rings (SSSR count). The number of nitrogens with one attached hydrogen (secondary N) is 1. The topological polar surface area (TPSA) is 49.4 Å². The van der Waals surface area contributed by atoms with Crippen molar-refractivity contribution in [3.63, 3.8) is 0 Å². The highest BCUT2D eigenvalue weighted by atomic mass is 35.5. The first kappa shape index (κ1) is 23.3. The van der Waals surface area contributed by atoms with Crippen molar-refractivity contribution in [1.82, 2.24) is 10.2 Å². The lowest BCUT2D eigenvalue weighted by molar-refractivity contribution is -0.140. The summed E-state index contributed by atoms with van der Waals surface area (Å²) in [6, 6.07) is 16.9. The Kier molecular flexibility index (Phi) is 10.1. The number of hydrogen-bond donors (Lipinski definition) is 1. The third-order valence-corrected chi connectivity index (χ3v) is 5.86. The van der Waals surface area contributed by atoms with Crippen LogP contribution < -0.4 is 5.32 Å². The summed E-state index contributed by atoms with van der Waals surface area (Å²) in [6.07, 6.45) is 2.32. The second-order valence-electron chi connectivity index (χ2n) is 6.88. The van der Waals surface area contributed by atoms with E-state index in [1.807, 2.05) is 54.6 Å². The number of unbranched alkanes of at least 4 members (excludes halogenated alkanes) is 1. The van der Waals surface area contributed by atoms with Crippen LogP contribution in [0.2, 0.25) is 5.02 Å². The van der Waals surface area contributed by atoms with Crippen molar-refractivity contribution in [2.75, 3.05) is 12.3 Å². The van der Waals surface area contributed by atoms with Gasteiger partial charge in [-0.1, -0.05) is 55.3 Å². The zero-order valence-corrected chi connectivity index (χ0v) is 18.6. The summed E-state index contributed by atoms with van der Waals surface area (Å²) in [7, 11) is 0. The summed E-state index contributed by atoms with van der Waals surface area (Å²) in [4.78, 5) is 28.3. The van der Waals surface area contributed by atoms with Crippen LogP contribution in [0.3, 0.4) is 0 Å². The molecule has 0 spiro atoms. The number of benzene rings is 2. The van der Waals surface area contributed by atoms with Gasteiger partial charge in [-0.15, -0.1) is 11.8 Å². The van der Waals surface area contributed by atoms with E-state index < -0.39 is 6.04 Å². The van der Waals surface area contributed by atoms with Crippen LogP contribution in [-0.4, -0.2) is 35.1 Å². The Balaban J connectivity index is 1.99. The second-order valence-corrected chi connectivity index (χ2v) is 8.48. The number of halogens is 1. The molecule has 0 aliphatic rings. The van der Waals surface area contributed by atoms with Crippen LogP contribution in [0.1, 0.15) is 38.7 Å². The van der Waals surface area contributed by atoms with E-state index in [0.29, 0.717) is 30.3 Å². The molecule has 29 heavy (non-hydrogen) atoms. The zero-order chi connectivity index (χ0) is 21.1. The van der Waals surface area contributed by atoms with Gasteiger partial charge in [0.1, 0.15) is 6.04 Å². The first-order valence-corrected chi connectivity index (χ1v) is 11.4.